The Morgan fingerprint density at radius 3 is 2.79 bits per heavy atom. The van der Waals surface area contributed by atoms with Gasteiger partial charge in [-0.25, -0.2) is 13.8 Å². The highest BCUT2D eigenvalue weighted by Crippen LogP contribution is 2.17. The number of nitrogens with zero attached hydrogens (tertiary/aromatic N) is 2. The van der Waals surface area contributed by atoms with Gasteiger partial charge in [-0.3, -0.25) is 14.2 Å². The zero-order valence-electron chi connectivity index (χ0n) is 15.3. The van der Waals surface area contributed by atoms with Gasteiger partial charge in [0.05, 0.1) is 24.0 Å². The van der Waals surface area contributed by atoms with E-state index in [2.05, 4.69) is 5.32 Å². The number of halogens is 1. The molecule has 0 aliphatic carbocycles. The molecular weight excluding hydrogens is 397 g/mol. The predicted molar refractivity (Wildman–Crippen MR) is 107 cm³/mol. The summed E-state index contributed by atoms with van der Waals surface area (Å²) in [5.41, 5.74) is -0.228. The average molecular weight is 413 g/mol. The van der Waals surface area contributed by atoms with Crippen LogP contribution in [0.4, 0.5) is 4.39 Å². The molecule has 4 rings (SSSR count). The number of aryl methyl sites for hydroxylation is 1. The van der Waals surface area contributed by atoms with Gasteiger partial charge in [0.2, 0.25) is 5.91 Å². The topological polar surface area (TPSA) is 86.2 Å². The number of thiophene rings is 1. The fourth-order valence-electron chi connectivity index (χ4n) is 3.03. The van der Waals surface area contributed by atoms with Crippen molar-refractivity contribution in [1.29, 1.82) is 0 Å². The van der Waals surface area contributed by atoms with Crippen molar-refractivity contribution >= 4 is 27.5 Å². The fourth-order valence-corrected chi connectivity index (χ4v) is 3.86. The molecule has 0 saturated heterocycles. The van der Waals surface area contributed by atoms with Crippen LogP contribution in [0.5, 0.6) is 0 Å². The van der Waals surface area contributed by atoms with Crippen LogP contribution >= 0.6 is 11.3 Å². The molecule has 0 fully saturated rings. The van der Waals surface area contributed by atoms with Gasteiger partial charge in [0, 0.05) is 0 Å². The molecule has 9 heteroatoms. The van der Waals surface area contributed by atoms with Crippen LogP contribution in [0.2, 0.25) is 0 Å². The molecule has 29 heavy (non-hydrogen) atoms. The molecule has 1 N–H and O–H groups in total. The van der Waals surface area contributed by atoms with Gasteiger partial charge in [-0.05, 0) is 54.3 Å². The summed E-state index contributed by atoms with van der Waals surface area (Å²) in [7, 11) is 0. The minimum Gasteiger partial charge on any atom is -0.467 e. The molecule has 0 aliphatic heterocycles. The molecule has 0 spiro atoms. The van der Waals surface area contributed by atoms with Gasteiger partial charge in [-0.2, -0.15) is 0 Å². The van der Waals surface area contributed by atoms with E-state index in [0.717, 1.165) is 4.57 Å². The number of nitrogens with one attached hydrogen (secondary N) is 1. The maximum Gasteiger partial charge on any atom is 0.336 e. The Labute approximate surface area is 167 Å². The van der Waals surface area contributed by atoms with E-state index in [1.807, 2.05) is 0 Å². The van der Waals surface area contributed by atoms with Gasteiger partial charge in [0.1, 0.15) is 22.8 Å². The number of rotatable bonds is 5. The molecule has 4 aromatic rings. The molecule has 148 valence electrons. The van der Waals surface area contributed by atoms with Gasteiger partial charge in [0.15, 0.2) is 0 Å². The Balaban J connectivity index is 1.76. The average Bonchev–Trinajstić information content (AvgIpc) is 3.38. The molecule has 1 amide bonds. The van der Waals surface area contributed by atoms with Crippen LogP contribution in [0, 0.1) is 12.7 Å². The Morgan fingerprint density at radius 2 is 2.07 bits per heavy atom. The van der Waals surface area contributed by atoms with Gasteiger partial charge in [0.25, 0.3) is 5.56 Å². The summed E-state index contributed by atoms with van der Waals surface area (Å²) in [4.78, 5) is 38.4. The summed E-state index contributed by atoms with van der Waals surface area (Å²) < 4.78 is 21.4. The van der Waals surface area contributed by atoms with E-state index in [-0.39, 0.29) is 18.8 Å². The smallest absolute Gasteiger partial charge is 0.336 e. The first-order valence-corrected chi connectivity index (χ1v) is 9.62. The highest BCUT2D eigenvalue weighted by atomic mass is 32.1. The standard InChI is InChI=1S/C20H16FN3O4S/c1-12-9-13(4-5-15(12)21)24-19(26)18-16(6-8-29-18)23(20(24)27)11-17(25)22-10-14-3-2-7-28-14/h2-9H,10-11H2,1H3,(H,22,25). The Bertz CT molecular complexity index is 1320. The molecule has 3 heterocycles. The summed E-state index contributed by atoms with van der Waals surface area (Å²) in [6, 6.07) is 9.06. The van der Waals surface area contributed by atoms with E-state index >= 15 is 0 Å². The zero-order chi connectivity index (χ0) is 20.5. The predicted octanol–water partition coefficient (Wildman–Crippen LogP) is 2.57. The minimum atomic E-state index is -0.667. The molecule has 1 aromatic carbocycles. The first-order chi connectivity index (χ1) is 14.0. The van der Waals surface area contributed by atoms with E-state index in [1.54, 1.807) is 30.5 Å². The van der Waals surface area contributed by atoms with Gasteiger partial charge >= 0.3 is 5.69 Å². The van der Waals surface area contributed by atoms with E-state index in [1.165, 1.54) is 40.4 Å². The van der Waals surface area contributed by atoms with Gasteiger partial charge in [-0.1, -0.05) is 0 Å². The highest BCUT2D eigenvalue weighted by Gasteiger charge is 2.18. The zero-order valence-corrected chi connectivity index (χ0v) is 16.2. The van der Waals surface area contributed by atoms with E-state index in [9.17, 15) is 18.8 Å². The highest BCUT2D eigenvalue weighted by molar-refractivity contribution is 7.17. The molecule has 7 nitrogen and oxygen atoms in total. The number of amides is 1. The van der Waals surface area contributed by atoms with Crippen molar-refractivity contribution in [2.75, 3.05) is 0 Å². The van der Waals surface area contributed by atoms with Crippen molar-refractivity contribution in [3.05, 3.63) is 86.0 Å². The Hall–Kier alpha value is -3.46. The molecule has 0 atom stereocenters. The molecule has 0 bridgehead atoms. The van der Waals surface area contributed by atoms with Crippen molar-refractivity contribution in [3.8, 4) is 5.69 Å². The monoisotopic (exact) mass is 413 g/mol. The number of benzene rings is 1. The number of hydrogen-bond donors (Lipinski definition) is 1. The number of aromatic nitrogens is 2. The Kier molecular flexibility index (Phi) is 4.89. The molecule has 0 radical (unpaired) electrons. The fraction of sp³-hybridized carbons (Fsp3) is 0.150. The maximum atomic E-state index is 13.6. The minimum absolute atomic E-state index is 0.185. The molecular formula is C20H16FN3O4S. The SMILES string of the molecule is Cc1cc(-n2c(=O)c3sccc3n(CC(=O)NCc3ccco3)c2=O)ccc1F. The summed E-state index contributed by atoms with van der Waals surface area (Å²) in [6.45, 7) is 1.46. The molecule has 0 aliphatic rings. The van der Waals surface area contributed by atoms with Crippen LogP contribution in [0.25, 0.3) is 15.9 Å². The third kappa shape index (κ3) is 3.52. The lowest BCUT2D eigenvalue weighted by Gasteiger charge is -2.13. The second kappa shape index (κ2) is 7.51. The largest absolute Gasteiger partial charge is 0.467 e. The molecule has 3 aromatic heterocycles. The number of carbonyl (C=O) groups excluding carboxylic acids is 1. The summed E-state index contributed by atoms with van der Waals surface area (Å²) in [5.74, 6) is -0.258. The van der Waals surface area contributed by atoms with Crippen LogP contribution < -0.4 is 16.6 Å². The molecule has 0 saturated carbocycles. The first-order valence-electron chi connectivity index (χ1n) is 8.74. The van der Waals surface area contributed by atoms with Crippen molar-refractivity contribution in [1.82, 2.24) is 14.5 Å². The van der Waals surface area contributed by atoms with Crippen LogP contribution in [-0.4, -0.2) is 15.0 Å². The lowest BCUT2D eigenvalue weighted by Crippen LogP contribution is -2.41. The summed E-state index contributed by atoms with van der Waals surface area (Å²) in [5, 5.41) is 4.37. The van der Waals surface area contributed by atoms with Crippen LogP contribution in [0.1, 0.15) is 11.3 Å². The second-order valence-corrected chi connectivity index (χ2v) is 7.35. The van der Waals surface area contributed by atoms with Crippen molar-refractivity contribution in [2.24, 2.45) is 0 Å². The van der Waals surface area contributed by atoms with Crippen molar-refractivity contribution < 1.29 is 13.6 Å². The van der Waals surface area contributed by atoms with E-state index < -0.39 is 23.0 Å². The van der Waals surface area contributed by atoms with Gasteiger partial charge in [-0.15, -0.1) is 11.3 Å². The second-order valence-electron chi connectivity index (χ2n) is 6.43. The maximum absolute atomic E-state index is 13.6. The van der Waals surface area contributed by atoms with E-state index in [0.29, 0.717) is 21.5 Å². The quantitative estimate of drug-likeness (QED) is 0.545. The first kappa shape index (κ1) is 18.9. The lowest BCUT2D eigenvalue weighted by molar-refractivity contribution is -0.121. The summed E-state index contributed by atoms with van der Waals surface area (Å²) in [6.07, 6.45) is 1.50. The van der Waals surface area contributed by atoms with E-state index in [4.69, 9.17) is 4.42 Å². The number of hydrogen-bond acceptors (Lipinski definition) is 5. The lowest BCUT2D eigenvalue weighted by atomic mass is 10.2. The number of furan rings is 1. The van der Waals surface area contributed by atoms with Crippen molar-refractivity contribution in [2.45, 2.75) is 20.0 Å². The number of fused-ring (bicyclic) bond motifs is 1. The van der Waals surface area contributed by atoms with Crippen LogP contribution in [-0.2, 0) is 17.9 Å². The summed E-state index contributed by atoms with van der Waals surface area (Å²) >= 11 is 1.18. The number of carbonyl (C=O) groups is 1. The Morgan fingerprint density at radius 1 is 1.24 bits per heavy atom. The third-order valence-electron chi connectivity index (χ3n) is 4.50. The van der Waals surface area contributed by atoms with Crippen LogP contribution in [0.15, 0.2) is 62.0 Å². The normalized spacial score (nSPS) is 11.1. The van der Waals surface area contributed by atoms with Crippen LogP contribution in [0.3, 0.4) is 0 Å². The van der Waals surface area contributed by atoms with Crippen molar-refractivity contribution in [3.63, 3.8) is 0 Å². The van der Waals surface area contributed by atoms with Gasteiger partial charge < -0.3 is 9.73 Å². The molecule has 0 unspecified atom stereocenters. The third-order valence-corrected chi connectivity index (χ3v) is 5.39.